The number of nitrogens with zero attached hydrogens (tertiary/aromatic N) is 2. The molecule has 90 valence electrons. The van der Waals surface area contributed by atoms with Gasteiger partial charge in [-0.2, -0.15) is 0 Å². The Balaban J connectivity index is 3.05. The van der Waals surface area contributed by atoms with Crippen molar-refractivity contribution in [1.82, 2.24) is 10.3 Å². The van der Waals surface area contributed by atoms with Gasteiger partial charge < -0.3 is 11.1 Å². The number of nitrogens with one attached hydrogen (secondary N) is 1. The topological polar surface area (TPSA) is 94.1 Å². The number of nitrogen functional groups attached to an aromatic ring is 1. The maximum absolute atomic E-state index is 10.8. The van der Waals surface area contributed by atoms with Crippen molar-refractivity contribution >= 4 is 11.5 Å². The molecule has 0 aliphatic heterocycles. The van der Waals surface area contributed by atoms with E-state index in [1.165, 1.54) is 6.20 Å². The number of nitro groups is 1. The third kappa shape index (κ3) is 3.16. The van der Waals surface area contributed by atoms with Crippen LogP contribution in [0.3, 0.4) is 0 Å². The Hall–Kier alpha value is -2.13. The van der Waals surface area contributed by atoms with E-state index in [-0.39, 0.29) is 11.5 Å². The summed E-state index contributed by atoms with van der Waals surface area (Å²) < 4.78 is 0. The highest BCUT2D eigenvalue weighted by Crippen LogP contribution is 2.25. The van der Waals surface area contributed by atoms with E-state index in [9.17, 15) is 10.1 Å². The first-order valence-electron chi connectivity index (χ1n) is 5.11. The largest absolute Gasteiger partial charge is 0.378 e. The third-order valence-corrected chi connectivity index (χ3v) is 2.24. The fourth-order valence-corrected chi connectivity index (χ4v) is 1.31. The molecule has 0 aliphatic carbocycles. The molecule has 17 heavy (non-hydrogen) atoms. The fraction of sp³-hybridized carbons (Fsp3) is 0.364. The molecule has 0 fully saturated rings. The summed E-state index contributed by atoms with van der Waals surface area (Å²) in [7, 11) is 1.84. The third-order valence-electron chi connectivity index (χ3n) is 2.24. The first-order chi connectivity index (χ1) is 8.07. The SMILES string of the molecule is CNCCC#Cc1cnc(N)c([N+](=O)[O-])c1C. The average molecular weight is 234 g/mol. The number of aromatic nitrogens is 1. The summed E-state index contributed by atoms with van der Waals surface area (Å²) in [6.45, 7) is 2.40. The van der Waals surface area contributed by atoms with E-state index in [0.29, 0.717) is 17.5 Å². The zero-order valence-corrected chi connectivity index (χ0v) is 9.78. The van der Waals surface area contributed by atoms with Crippen LogP contribution in [0.1, 0.15) is 17.5 Å². The Labute approximate surface area is 99.4 Å². The van der Waals surface area contributed by atoms with Gasteiger partial charge in [-0.3, -0.25) is 10.1 Å². The molecule has 0 radical (unpaired) electrons. The predicted molar refractivity (Wildman–Crippen MR) is 65.5 cm³/mol. The van der Waals surface area contributed by atoms with Crippen LogP contribution in [-0.4, -0.2) is 23.5 Å². The summed E-state index contributed by atoms with van der Waals surface area (Å²) in [6.07, 6.45) is 2.14. The predicted octanol–water partition coefficient (Wildman–Crippen LogP) is 0.841. The second-order valence-corrected chi connectivity index (χ2v) is 3.44. The molecule has 1 heterocycles. The summed E-state index contributed by atoms with van der Waals surface area (Å²) in [6, 6.07) is 0. The summed E-state index contributed by atoms with van der Waals surface area (Å²) in [5, 5.41) is 13.8. The number of hydrogen-bond acceptors (Lipinski definition) is 5. The molecule has 0 saturated carbocycles. The van der Waals surface area contributed by atoms with Gasteiger partial charge in [-0.1, -0.05) is 11.8 Å². The quantitative estimate of drug-likeness (QED) is 0.350. The number of nitrogens with two attached hydrogens (primary N) is 1. The van der Waals surface area contributed by atoms with Crippen molar-refractivity contribution in [2.75, 3.05) is 19.3 Å². The minimum Gasteiger partial charge on any atom is -0.378 e. The van der Waals surface area contributed by atoms with E-state index in [4.69, 9.17) is 5.73 Å². The van der Waals surface area contributed by atoms with Crippen LogP contribution in [0, 0.1) is 28.9 Å². The highest BCUT2D eigenvalue weighted by atomic mass is 16.6. The molecule has 0 amide bonds. The van der Waals surface area contributed by atoms with Gasteiger partial charge in [0.05, 0.1) is 10.5 Å². The average Bonchev–Trinajstić information content (AvgIpc) is 2.26. The van der Waals surface area contributed by atoms with Crippen LogP contribution >= 0.6 is 0 Å². The molecule has 0 atom stereocenters. The minimum atomic E-state index is -0.531. The lowest BCUT2D eigenvalue weighted by molar-refractivity contribution is -0.384. The molecular formula is C11H14N4O2. The van der Waals surface area contributed by atoms with Crippen molar-refractivity contribution in [2.24, 2.45) is 0 Å². The number of hydrogen-bond donors (Lipinski definition) is 2. The smallest absolute Gasteiger partial charge is 0.315 e. The summed E-state index contributed by atoms with van der Waals surface area (Å²) in [5.74, 6) is 5.70. The van der Waals surface area contributed by atoms with Gasteiger partial charge in [0.2, 0.25) is 5.82 Å². The molecule has 0 unspecified atom stereocenters. The second kappa shape index (κ2) is 5.82. The van der Waals surface area contributed by atoms with Gasteiger partial charge in [-0.05, 0) is 14.0 Å². The molecule has 0 saturated heterocycles. The Kier molecular flexibility index (Phi) is 4.43. The molecule has 3 N–H and O–H groups in total. The van der Waals surface area contributed by atoms with E-state index >= 15 is 0 Å². The number of rotatable bonds is 3. The van der Waals surface area contributed by atoms with Crippen LogP contribution in [0.2, 0.25) is 0 Å². The Bertz CT molecular complexity index is 488. The molecule has 6 nitrogen and oxygen atoms in total. The Morgan fingerprint density at radius 1 is 1.65 bits per heavy atom. The molecule has 0 spiro atoms. The van der Waals surface area contributed by atoms with Crippen LogP contribution in [0.5, 0.6) is 0 Å². The zero-order chi connectivity index (χ0) is 12.8. The van der Waals surface area contributed by atoms with E-state index in [1.807, 2.05) is 7.05 Å². The summed E-state index contributed by atoms with van der Waals surface area (Å²) in [4.78, 5) is 14.0. The molecule has 0 aliphatic rings. The highest BCUT2D eigenvalue weighted by Gasteiger charge is 2.18. The number of anilines is 1. The standard InChI is InChI=1S/C11H14N4O2/c1-8-9(5-3-4-6-13-2)7-14-11(12)10(8)15(16)17/h7,13H,4,6H2,1-2H3,(H2,12,14). The van der Waals surface area contributed by atoms with E-state index in [0.717, 1.165) is 6.54 Å². The van der Waals surface area contributed by atoms with Crippen LogP contribution in [0.15, 0.2) is 6.20 Å². The van der Waals surface area contributed by atoms with Crippen molar-refractivity contribution in [3.8, 4) is 11.8 Å². The van der Waals surface area contributed by atoms with Crippen LogP contribution < -0.4 is 11.1 Å². The normalized spacial score (nSPS) is 9.53. The maximum atomic E-state index is 10.8. The van der Waals surface area contributed by atoms with Crippen molar-refractivity contribution in [3.63, 3.8) is 0 Å². The molecule has 0 bridgehead atoms. The fourth-order valence-electron chi connectivity index (χ4n) is 1.31. The first kappa shape index (κ1) is 12.9. The molecule has 1 aromatic rings. The Morgan fingerprint density at radius 3 is 2.94 bits per heavy atom. The lowest BCUT2D eigenvalue weighted by atomic mass is 10.1. The van der Waals surface area contributed by atoms with Crippen LogP contribution in [0.25, 0.3) is 0 Å². The molecule has 1 aromatic heterocycles. The van der Waals surface area contributed by atoms with E-state index in [1.54, 1.807) is 6.92 Å². The van der Waals surface area contributed by atoms with Crippen LogP contribution in [0.4, 0.5) is 11.5 Å². The van der Waals surface area contributed by atoms with E-state index < -0.39 is 4.92 Å². The monoisotopic (exact) mass is 234 g/mol. The molecule has 1 rings (SSSR count). The summed E-state index contributed by atoms with van der Waals surface area (Å²) in [5.41, 5.74) is 6.30. The first-order valence-corrected chi connectivity index (χ1v) is 5.11. The zero-order valence-electron chi connectivity index (χ0n) is 9.78. The number of pyridine rings is 1. The molecular weight excluding hydrogens is 220 g/mol. The Morgan fingerprint density at radius 2 is 2.35 bits per heavy atom. The van der Waals surface area contributed by atoms with Crippen molar-refractivity contribution < 1.29 is 4.92 Å². The minimum absolute atomic E-state index is 0.0757. The van der Waals surface area contributed by atoms with Gasteiger partial charge in [-0.25, -0.2) is 4.98 Å². The van der Waals surface area contributed by atoms with Gasteiger partial charge in [0, 0.05) is 24.7 Å². The molecule has 0 aromatic carbocycles. The second-order valence-electron chi connectivity index (χ2n) is 3.44. The summed E-state index contributed by atoms with van der Waals surface area (Å²) >= 11 is 0. The lowest BCUT2D eigenvalue weighted by Gasteiger charge is -2.01. The van der Waals surface area contributed by atoms with Gasteiger partial charge in [-0.15, -0.1) is 0 Å². The van der Waals surface area contributed by atoms with Gasteiger partial charge in [0.15, 0.2) is 0 Å². The van der Waals surface area contributed by atoms with Crippen molar-refractivity contribution in [3.05, 3.63) is 27.4 Å². The molecule has 6 heteroatoms. The maximum Gasteiger partial charge on any atom is 0.315 e. The van der Waals surface area contributed by atoms with Crippen LogP contribution in [-0.2, 0) is 0 Å². The lowest BCUT2D eigenvalue weighted by Crippen LogP contribution is -2.06. The van der Waals surface area contributed by atoms with Crippen molar-refractivity contribution in [1.29, 1.82) is 0 Å². The van der Waals surface area contributed by atoms with E-state index in [2.05, 4.69) is 22.1 Å². The highest BCUT2D eigenvalue weighted by molar-refractivity contribution is 5.62. The van der Waals surface area contributed by atoms with Gasteiger partial charge in [0.1, 0.15) is 0 Å². The van der Waals surface area contributed by atoms with Gasteiger partial charge >= 0.3 is 5.69 Å². The van der Waals surface area contributed by atoms with Gasteiger partial charge in [0.25, 0.3) is 0 Å². The van der Waals surface area contributed by atoms with Crippen molar-refractivity contribution in [2.45, 2.75) is 13.3 Å².